The lowest BCUT2D eigenvalue weighted by Gasteiger charge is -2.56. The van der Waals surface area contributed by atoms with Gasteiger partial charge in [0.2, 0.25) is 11.8 Å². The highest BCUT2D eigenvalue weighted by Gasteiger charge is 2.51. The van der Waals surface area contributed by atoms with Crippen molar-refractivity contribution in [3.05, 3.63) is 52.8 Å². The minimum Gasteiger partial charge on any atom is -0.398 e. The molecule has 4 saturated carbocycles. The first kappa shape index (κ1) is 21.3. The lowest BCUT2D eigenvalue weighted by Crippen LogP contribution is -2.47. The molecule has 6 nitrogen and oxygen atoms in total. The van der Waals surface area contributed by atoms with Gasteiger partial charge in [-0.3, -0.25) is 9.59 Å². The molecule has 4 aliphatic rings. The lowest BCUT2D eigenvalue weighted by atomic mass is 9.49. The van der Waals surface area contributed by atoms with Crippen molar-refractivity contribution in [2.24, 2.45) is 28.9 Å². The molecule has 6 rings (SSSR count). The predicted molar refractivity (Wildman–Crippen MR) is 125 cm³/mol. The molecule has 1 aromatic carbocycles. The minimum atomic E-state index is -0.812. The highest BCUT2D eigenvalue weighted by molar-refractivity contribution is 6.30. The van der Waals surface area contributed by atoms with Gasteiger partial charge in [-0.2, -0.15) is 0 Å². The Bertz CT molecular complexity index is 1030. The number of pyridine rings is 1. The van der Waals surface area contributed by atoms with Crippen molar-refractivity contribution in [1.29, 1.82) is 0 Å². The highest BCUT2D eigenvalue weighted by atomic mass is 35.5. The standard InChI is InChI=1S/C25H29ClN4O2/c26-23-19(2-1-5-29-23)22(24(28)32)18-4-3-17(9-20(18)27)30-21(31)13-25-10-14-6-15(11-25)8-16(7-14)12-25/h1-5,9,14-16,22H,6-8,10-13,27H2,(H2,28,32)(H,30,31). The van der Waals surface area contributed by atoms with Gasteiger partial charge in [-0.1, -0.05) is 23.7 Å². The normalized spacial score (nSPS) is 29.0. The zero-order valence-corrected chi connectivity index (χ0v) is 18.8. The molecule has 1 atom stereocenters. The lowest BCUT2D eigenvalue weighted by molar-refractivity contribution is -0.124. The number of hydrogen-bond donors (Lipinski definition) is 3. The minimum absolute atomic E-state index is 0.0425. The van der Waals surface area contributed by atoms with Crippen molar-refractivity contribution in [1.82, 2.24) is 4.98 Å². The van der Waals surface area contributed by atoms with Gasteiger partial charge in [0, 0.05) is 29.6 Å². The smallest absolute Gasteiger partial charge is 0.229 e. The molecule has 0 spiro atoms. The number of benzene rings is 1. The summed E-state index contributed by atoms with van der Waals surface area (Å²) >= 11 is 6.20. The molecule has 4 aliphatic carbocycles. The number of primary amides is 1. The molecule has 0 aliphatic heterocycles. The number of rotatable bonds is 6. The molecule has 7 heteroatoms. The van der Waals surface area contributed by atoms with Crippen LogP contribution in [-0.2, 0) is 9.59 Å². The summed E-state index contributed by atoms with van der Waals surface area (Å²) in [7, 11) is 0. The van der Waals surface area contributed by atoms with Crippen LogP contribution >= 0.6 is 11.6 Å². The van der Waals surface area contributed by atoms with Crippen LogP contribution in [0.15, 0.2) is 36.5 Å². The van der Waals surface area contributed by atoms with Crippen LogP contribution in [0.25, 0.3) is 0 Å². The number of carbonyl (C=O) groups is 2. The number of nitrogens with one attached hydrogen (secondary N) is 1. The molecule has 0 radical (unpaired) electrons. The predicted octanol–water partition coefficient (Wildman–Crippen LogP) is 4.48. The van der Waals surface area contributed by atoms with Crippen molar-refractivity contribution in [2.45, 2.75) is 50.9 Å². The summed E-state index contributed by atoms with van der Waals surface area (Å²) in [6.07, 6.45) is 9.80. The fourth-order valence-corrected chi connectivity index (χ4v) is 7.28. The van der Waals surface area contributed by atoms with Crippen molar-refractivity contribution in [2.75, 3.05) is 11.1 Å². The second kappa shape index (κ2) is 8.07. The summed E-state index contributed by atoms with van der Waals surface area (Å²) in [4.78, 5) is 29.2. The van der Waals surface area contributed by atoms with Gasteiger partial charge in [-0.25, -0.2) is 4.98 Å². The van der Waals surface area contributed by atoms with E-state index in [0.717, 1.165) is 17.8 Å². The van der Waals surface area contributed by atoms with Gasteiger partial charge in [0.1, 0.15) is 5.15 Å². The number of nitrogens with two attached hydrogens (primary N) is 2. The Morgan fingerprint density at radius 3 is 2.31 bits per heavy atom. The zero-order chi connectivity index (χ0) is 22.5. The van der Waals surface area contributed by atoms with Gasteiger partial charge in [0.15, 0.2) is 0 Å². The maximum absolute atomic E-state index is 12.9. The second-order valence-corrected chi connectivity index (χ2v) is 10.6. The molecular formula is C25H29ClN4O2. The van der Waals surface area contributed by atoms with E-state index in [1.165, 1.54) is 38.5 Å². The van der Waals surface area contributed by atoms with Crippen molar-refractivity contribution in [3.8, 4) is 0 Å². The van der Waals surface area contributed by atoms with Crippen molar-refractivity contribution in [3.63, 3.8) is 0 Å². The van der Waals surface area contributed by atoms with Crippen LogP contribution in [-0.4, -0.2) is 16.8 Å². The molecule has 2 aromatic rings. The summed E-state index contributed by atoms with van der Waals surface area (Å²) in [5.41, 5.74) is 14.2. The first-order chi connectivity index (χ1) is 15.3. The van der Waals surface area contributed by atoms with Gasteiger partial charge in [-0.15, -0.1) is 0 Å². The Labute approximate surface area is 193 Å². The molecule has 1 aromatic heterocycles. The van der Waals surface area contributed by atoms with Crippen LogP contribution in [0.3, 0.4) is 0 Å². The monoisotopic (exact) mass is 452 g/mol. The first-order valence-electron chi connectivity index (χ1n) is 11.4. The van der Waals surface area contributed by atoms with Crippen LogP contribution < -0.4 is 16.8 Å². The number of amides is 2. The van der Waals surface area contributed by atoms with E-state index >= 15 is 0 Å². The molecule has 1 heterocycles. The third kappa shape index (κ3) is 3.96. The Balaban J connectivity index is 1.32. The van der Waals surface area contributed by atoms with E-state index in [1.807, 2.05) is 0 Å². The van der Waals surface area contributed by atoms with E-state index in [9.17, 15) is 9.59 Å². The largest absolute Gasteiger partial charge is 0.398 e. The number of anilines is 2. The first-order valence-corrected chi connectivity index (χ1v) is 11.8. The Hall–Kier alpha value is -2.60. The summed E-state index contributed by atoms with van der Waals surface area (Å²) in [6.45, 7) is 0. The van der Waals surface area contributed by atoms with Gasteiger partial charge in [0.25, 0.3) is 0 Å². The van der Waals surface area contributed by atoms with Gasteiger partial charge >= 0.3 is 0 Å². The van der Waals surface area contributed by atoms with Crippen LogP contribution in [0, 0.1) is 23.2 Å². The zero-order valence-electron chi connectivity index (χ0n) is 18.0. The van der Waals surface area contributed by atoms with Gasteiger partial charge < -0.3 is 16.8 Å². The van der Waals surface area contributed by atoms with E-state index in [2.05, 4.69) is 10.3 Å². The summed E-state index contributed by atoms with van der Waals surface area (Å²) in [5, 5.41) is 3.24. The van der Waals surface area contributed by atoms with E-state index in [0.29, 0.717) is 28.9 Å². The SMILES string of the molecule is NC(=O)C(c1ccc(NC(=O)CC23CC4CC(CC(C4)C2)C3)cc1N)c1cccnc1Cl. The van der Waals surface area contributed by atoms with Crippen LogP contribution in [0.1, 0.15) is 62.0 Å². The number of halogens is 1. The molecule has 168 valence electrons. The Morgan fingerprint density at radius 1 is 1.09 bits per heavy atom. The van der Waals surface area contributed by atoms with Gasteiger partial charge in [0.05, 0.1) is 5.92 Å². The molecule has 0 saturated heterocycles. The third-order valence-electron chi connectivity index (χ3n) is 7.77. The maximum atomic E-state index is 12.9. The summed E-state index contributed by atoms with van der Waals surface area (Å²) < 4.78 is 0. The van der Waals surface area contributed by atoms with Crippen LogP contribution in [0.2, 0.25) is 5.15 Å². The number of nitrogen functional groups attached to an aromatic ring is 1. The maximum Gasteiger partial charge on any atom is 0.229 e. The number of nitrogens with zero attached hydrogens (tertiary/aromatic N) is 1. The fourth-order valence-electron chi connectivity index (χ4n) is 7.06. The molecular weight excluding hydrogens is 424 g/mol. The van der Waals surface area contributed by atoms with E-state index in [4.69, 9.17) is 23.1 Å². The molecule has 5 N–H and O–H groups in total. The fraction of sp³-hybridized carbons (Fsp3) is 0.480. The average Bonchev–Trinajstić information content (AvgIpc) is 2.69. The van der Waals surface area contributed by atoms with Crippen molar-refractivity contribution >= 4 is 34.8 Å². The van der Waals surface area contributed by atoms with Crippen LogP contribution in [0.5, 0.6) is 0 Å². The summed E-state index contributed by atoms with van der Waals surface area (Å²) in [5.74, 6) is 1.11. The number of hydrogen-bond acceptors (Lipinski definition) is 4. The van der Waals surface area contributed by atoms with Crippen molar-refractivity contribution < 1.29 is 9.59 Å². The molecule has 4 fully saturated rings. The topological polar surface area (TPSA) is 111 Å². The average molecular weight is 453 g/mol. The van der Waals surface area contributed by atoms with E-state index < -0.39 is 11.8 Å². The Kier molecular flexibility index (Phi) is 5.36. The third-order valence-corrected chi connectivity index (χ3v) is 8.08. The highest BCUT2D eigenvalue weighted by Crippen LogP contribution is 2.61. The molecule has 4 bridgehead atoms. The van der Waals surface area contributed by atoms with Gasteiger partial charge in [-0.05, 0) is 85.5 Å². The Morgan fingerprint density at radius 2 is 1.75 bits per heavy atom. The van der Waals surface area contributed by atoms with E-state index in [-0.39, 0.29) is 16.5 Å². The second-order valence-electron chi connectivity index (χ2n) is 10.2. The quantitative estimate of drug-likeness (QED) is 0.443. The molecule has 2 amide bonds. The van der Waals surface area contributed by atoms with E-state index in [1.54, 1.807) is 36.5 Å². The number of carbonyl (C=O) groups excluding carboxylic acids is 2. The summed E-state index contributed by atoms with van der Waals surface area (Å²) in [6, 6.07) is 8.60. The molecule has 32 heavy (non-hydrogen) atoms. The number of aromatic nitrogens is 1. The van der Waals surface area contributed by atoms with Crippen LogP contribution in [0.4, 0.5) is 11.4 Å². The molecule has 1 unspecified atom stereocenters.